The predicted octanol–water partition coefficient (Wildman–Crippen LogP) is 6.42. The van der Waals surface area contributed by atoms with Crippen molar-refractivity contribution in [1.82, 2.24) is 19.8 Å². The molecule has 10 heteroatoms. The van der Waals surface area contributed by atoms with E-state index in [1.54, 1.807) is 12.3 Å². The molecular weight excluding hydrogens is 668 g/mol. The zero-order chi connectivity index (χ0) is 23.4. The van der Waals surface area contributed by atoms with Gasteiger partial charge in [0, 0.05) is 54.9 Å². The number of nitrogens with zero attached hydrogens (tertiary/aromatic N) is 5. The van der Waals surface area contributed by atoms with Gasteiger partial charge in [0.25, 0.3) is 0 Å². The Labute approximate surface area is 223 Å². The molecule has 1 unspecified atom stereocenters. The standard InChI is InChI=1S/C22H28Br4N6/c1-5-8-27-14(2)31(4)11-10-30(3)12-15-7-6-9-32(13-15)22-28-20-18(25)16(23)17(24)19(26)21(20)29-22/h5,8,15H,1-2,6-7,9-13H2,3-4H3,(H,28,29)/b27-8-. The van der Waals surface area contributed by atoms with Crippen LogP contribution >= 0.6 is 63.7 Å². The Morgan fingerprint density at radius 2 is 1.91 bits per heavy atom. The van der Waals surface area contributed by atoms with Gasteiger partial charge in [0.1, 0.15) is 11.3 Å². The third-order valence-electron chi connectivity index (χ3n) is 5.67. The lowest BCUT2D eigenvalue weighted by Gasteiger charge is -2.35. The van der Waals surface area contributed by atoms with Gasteiger partial charge < -0.3 is 19.7 Å². The number of aromatic amines is 1. The highest BCUT2D eigenvalue weighted by atomic mass is 79.9. The van der Waals surface area contributed by atoms with Gasteiger partial charge in [-0.2, -0.15) is 0 Å². The second-order valence-electron chi connectivity index (χ2n) is 8.11. The van der Waals surface area contributed by atoms with E-state index in [9.17, 15) is 0 Å². The number of anilines is 1. The molecule has 6 nitrogen and oxygen atoms in total. The highest BCUT2D eigenvalue weighted by Gasteiger charge is 2.25. The summed E-state index contributed by atoms with van der Waals surface area (Å²) in [6.45, 7) is 12.6. The number of piperidine rings is 1. The fraction of sp³-hybridized carbons (Fsp3) is 0.455. The first-order valence-electron chi connectivity index (χ1n) is 10.4. The van der Waals surface area contributed by atoms with Crippen LogP contribution in [0.15, 0.2) is 47.9 Å². The lowest BCUT2D eigenvalue weighted by Crippen LogP contribution is -2.41. The summed E-state index contributed by atoms with van der Waals surface area (Å²) in [6, 6.07) is 0. The maximum absolute atomic E-state index is 4.91. The monoisotopic (exact) mass is 692 g/mol. The molecule has 1 aliphatic heterocycles. The molecule has 1 atom stereocenters. The number of imidazole rings is 1. The number of rotatable bonds is 9. The zero-order valence-corrected chi connectivity index (χ0v) is 24.7. The summed E-state index contributed by atoms with van der Waals surface area (Å²) in [6.07, 6.45) is 5.73. The van der Waals surface area contributed by atoms with Gasteiger partial charge in [-0.1, -0.05) is 19.2 Å². The number of allylic oxidation sites excluding steroid dienone is 1. The third-order valence-corrected chi connectivity index (χ3v) is 10.4. The van der Waals surface area contributed by atoms with E-state index in [0.717, 1.165) is 79.8 Å². The predicted molar refractivity (Wildman–Crippen MR) is 150 cm³/mol. The highest BCUT2D eigenvalue weighted by molar-refractivity contribution is 9.15. The van der Waals surface area contributed by atoms with Crippen molar-refractivity contribution in [3.05, 3.63) is 42.9 Å². The average molecular weight is 696 g/mol. The Morgan fingerprint density at radius 3 is 2.62 bits per heavy atom. The maximum Gasteiger partial charge on any atom is 0.203 e. The van der Waals surface area contributed by atoms with Crippen LogP contribution in [0.2, 0.25) is 0 Å². The normalized spacial score (nSPS) is 17.0. The van der Waals surface area contributed by atoms with E-state index in [0.29, 0.717) is 5.92 Å². The molecule has 0 amide bonds. The number of nitrogens with one attached hydrogen (secondary N) is 1. The molecule has 32 heavy (non-hydrogen) atoms. The van der Waals surface area contributed by atoms with Crippen molar-refractivity contribution < 1.29 is 0 Å². The van der Waals surface area contributed by atoms with E-state index in [1.165, 1.54) is 6.42 Å². The molecule has 0 radical (unpaired) electrons. The van der Waals surface area contributed by atoms with Crippen LogP contribution in [-0.4, -0.2) is 72.8 Å². The van der Waals surface area contributed by atoms with Crippen molar-refractivity contribution in [3.8, 4) is 0 Å². The van der Waals surface area contributed by atoms with Crippen LogP contribution < -0.4 is 4.90 Å². The largest absolute Gasteiger partial charge is 0.359 e. The smallest absolute Gasteiger partial charge is 0.203 e. The number of benzene rings is 1. The van der Waals surface area contributed by atoms with E-state index in [2.05, 4.69) is 109 Å². The minimum Gasteiger partial charge on any atom is -0.359 e. The van der Waals surface area contributed by atoms with Gasteiger partial charge in [-0.05, 0) is 89.5 Å². The summed E-state index contributed by atoms with van der Waals surface area (Å²) < 4.78 is 3.84. The molecule has 3 rings (SSSR count). The van der Waals surface area contributed by atoms with Gasteiger partial charge in [-0.15, -0.1) is 0 Å². The molecule has 1 N–H and O–H groups in total. The number of aromatic nitrogens is 2. The van der Waals surface area contributed by atoms with Crippen LogP contribution in [0.3, 0.4) is 0 Å². The summed E-state index contributed by atoms with van der Waals surface area (Å²) in [5, 5.41) is 0. The third kappa shape index (κ3) is 6.05. The van der Waals surface area contributed by atoms with Crippen molar-refractivity contribution in [1.29, 1.82) is 0 Å². The molecule has 0 aliphatic carbocycles. The van der Waals surface area contributed by atoms with Crippen LogP contribution in [0.4, 0.5) is 5.95 Å². The van der Waals surface area contributed by atoms with Crippen molar-refractivity contribution >= 4 is 86.9 Å². The van der Waals surface area contributed by atoms with Gasteiger partial charge >= 0.3 is 0 Å². The Bertz CT molecular complexity index is 973. The highest BCUT2D eigenvalue weighted by Crippen LogP contribution is 2.43. The fourth-order valence-corrected chi connectivity index (χ4v) is 6.15. The van der Waals surface area contributed by atoms with Crippen LogP contribution in [0.1, 0.15) is 12.8 Å². The van der Waals surface area contributed by atoms with Gasteiger partial charge in [0.2, 0.25) is 5.95 Å². The number of likely N-dealkylation sites (N-methyl/N-ethyl adjacent to an activating group) is 2. The molecule has 0 bridgehead atoms. The van der Waals surface area contributed by atoms with Crippen molar-refractivity contribution in [3.63, 3.8) is 0 Å². The number of hydrogen-bond donors (Lipinski definition) is 1. The number of H-pyrrole nitrogens is 1. The second kappa shape index (κ2) is 11.6. The van der Waals surface area contributed by atoms with E-state index in [4.69, 9.17) is 4.98 Å². The Balaban J connectivity index is 1.61. The number of hydrogen-bond acceptors (Lipinski definition) is 5. The van der Waals surface area contributed by atoms with E-state index < -0.39 is 0 Å². The quantitative estimate of drug-likeness (QED) is 0.187. The molecule has 2 aromatic rings. The summed E-state index contributed by atoms with van der Waals surface area (Å²) in [4.78, 5) is 19.5. The van der Waals surface area contributed by atoms with Gasteiger partial charge in [0.05, 0.1) is 14.5 Å². The first kappa shape index (κ1) is 25.9. The molecule has 0 spiro atoms. The molecule has 0 saturated carbocycles. The molecule has 2 heterocycles. The van der Waals surface area contributed by atoms with E-state index >= 15 is 0 Å². The molecular formula is C22H28Br4N6. The topological polar surface area (TPSA) is 50.8 Å². The van der Waals surface area contributed by atoms with Gasteiger partial charge in [-0.3, -0.25) is 0 Å². The van der Waals surface area contributed by atoms with Gasteiger partial charge in [0.15, 0.2) is 0 Å². The number of aliphatic imine (C=N–C) groups is 1. The molecule has 1 aliphatic rings. The maximum atomic E-state index is 4.91. The zero-order valence-electron chi connectivity index (χ0n) is 18.3. The molecule has 1 aromatic carbocycles. The average Bonchev–Trinajstić information content (AvgIpc) is 3.24. The van der Waals surface area contributed by atoms with Crippen molar-refractivity contribution in [2.75, 3.05) is 51.7 Å². The molecule has 1 saturated heterocycles. The van der Waals surface area contributed by atoms with Crippen LogP contribution in [0.5, 0.6) is 0 Å². The fourth-order valence-electron chi connectivity index (χ4n) is 3.86. The number of halogens is 4. The van der Waals surface area contributed by atoms with Crippen LogP contribution in [-0.2, 0) is 0 Å². The lowest BCUT2D eigenvalue weighted by molar-refractivity contribution is 0.233. The lowest BCUT2D eigenvalue weighted by atomic mass is 9.98. The first-order valence-corrected chi connectivity index (χ1v) is 13.6. The van der Waals surface area contributed by atoms with E-state index in [-0.39, 0.29) is 0 Å². The van der Waals surface area contributed by atoms with Crippen LogP contribution in [0.25, 0.3) is 11.0 Å². The summed E-state index contributed by atoms with van der Waals surface area (Å²) in [5.74, 6) is 2.28. The minimum atomic E-state index is 0.597. The Hall–Kier alpha value is -0.680. The van der Waals surface area contributed by atoms with Crippen molar-refractivity contribution in [2.45, 2.75) is 12.8 Å². The molecule has 1 fully saturated rings. The first-order chi connectivity index (χ1) is 15.2. The summed E-state index contributed by atoms with van der Waals surface area (Å²) >= 11 is 14.6. The number of fused-ring (bicyclic) bond motifs is 1. The van der Waals surface area contributed by atoms with E-state index in [1.807, 2.05) is 7.05 Å². The molecule has 1 aromatic heterocycles. The SMILES string of the molecule is C=C/C=N\C(=C)N(C)CCN(C)CC1CCCN(c2nc3c(Br)c(Br)c(Br)c(Br)c3[nH]2)C1. The Morgan fingerprint density at radius 1 is 1.19 bits per heavy atom. The molecule has 174 valence electrons. The Kier molecular flexibility index (Phi) is 9.43. The van der Waals surface area contributed by atoms with Crippen molar-refractivity contribution in [2.24, 2.45) is 10.9 Å². The summed E-state index contributed by atoms with van der Waals surface area (Å²) in [5.41, 5.74) is 1.91. The van der Waals surface area contributed by atoms with Crippen LogP contribution in [0, 0.1) is 5.92 Å². The second-order valence-corrected chi connectivity index (χ2v) is 11.3. The van der Waals surface area contributed by atoms with Gasteiger partial charge in [-0.25, -0.2) is 9.98 Å². The minimum absolute atomic E-state index is 0.597. The summed E-state index contributed by atoms with van der Waals surface area (Å²) in [7, 11) is 4.21.